The molecule has 0 spiro atoms. The molecule has 53 heavy (non-hydrogen) atoms. The summed E-state index contributed by atoms with van der Waals surface area (Å²) in [5.74, 6) is 0.751. The van der Waals surface area contributed by atoms with Crippen LogP contribution in [0.4, 0.5) is 0 Å². The lowest BCUT2D eigenvalue weighted by molar-refractivity contribution is 1.20. The highest BCUT2D eigenvalue weighted by atomic mass is 32.1. The first-order valence-corrected chi connectivity index (χ1v) is 19.5. The van der Waals surface area contributed by atoms with Crippen molar-refractivity contribution in [2.24, 2.45) is 0 Å². The standard InChI is InChI=1S/C48H27N3S2/c1-2-13-30(14-3-1)45-47-46(35-17-8-9-19-39(35)53-47)50-48(49-45)31-21-24-34-41(27-31)52-40-20-10-18-36(42(34)40)51-37-25-22-28-11-4-6-15-32(28)43(37)44-33-16-7-5-12-29(33)23-26-38(44)51/h1-27H. The number of hydrogen-bond acceptors (Lipinski definition) is 4. The van der Waals surface area contributed by atoms with Crippen molar-refractivity contribution >= 4 is 106 Å². The largest absolute Gasteiger partial charge is 0.309 e. The first kappa shape index (κ1) is 29.2. The van der Waals surface area contributed by atoms with Crippen LogP contribution in [0.2, 0.25) is 0 Å². The molecule has 12 aromatic rings. The van der Waals surface area contributed by atoms with E-state index in [9.17, 15) is 0 Å². The molecule has 0 atom stereocenters. The van der Waals surface area contributed by atoms with E-state index in [1.54, 1.807) is 11.3 Å². The Bertz CT molecular complexity index is 3370. The maximum atomic E-state index is 5.27. The Balaban J connectivity index is 1.12. The number of fused-ring (bicyclic) bond motifs is 13. The molecule has 4 aromatic heterocycles. The maximum Gasteiger partial charge on any atom is 0.160 e. The Labute approximate surface area is 311 Å². The Morgan fingerprint density at radius 2 is 1.08 bits per heavy atom. The highest BCUT2D eigenvalue weighted by Crippen LogP contribution is 2.45. The first-order chi connectivity index (χ1) is 26.3. The SMILES string of the molecule is c1ccc(-c2nc(-c3ccc4c(c3)sc3cccc(-n5c6ccc7ccccc7c6c6c7ccccc7ccc65)c34)nc3c2sc2ccccc23)cc1. The second-order valence-electron chi connectivity index (χ2n) is 13.7. The zero-order valence-corrected chi connectivity index (χ0v) is 29.9. The van der Waals surface area contributed by atoms with Gasteiger partial charge >= 0.3 is 0 Å². The predicted octanol–water partition coefficient (Wildman–Crippen LogP) is 13.9. The molecule has 5 heteroatoms. The van der Waals surface area contributed by atoms with Crippen LogP contribution >= 0.6 is 22.7 Å². The van der Waals surface area contributed by atoms with Crippen molar-refractivity contribution in [2.45, 2.75) is 0 Å². The van der Waals surface area contributed by atoms with Crippen LogP contribution in [-0.2, 0) is 0 Å². The van der Waals surface area contributed by atoms with E-state index in [2.05, 4.69) is 168 Å². The van der Waals surface area contributed by atoms with E-state index in [4.69, 9.17) is 9.97 Å². The van der Waals surface area contributed by atoms with Gasteiger partial charge in [0, 0.05) is 52.2 Å². The molecule has 0 fully saturated rings. The zero-order chi connectivity index (χ0) is 34.6. The molecule has 0 unspecified atom stereocenters. The molecule has 8 aromatic carbocycles. The minimum Gasteiger partial charge on any atom is -0.309 e. The van der Waals surface area contributed by atoms with Crippen molar-refractivity contribution in [3.8, 4) is 28.3 Å². The number of benzene rings is 8. The summed E-state index contributed by atoms with van der Waals surface area (Å²) in [6, 6.07) is 59.3. The summed E-state index contributed by atoms with van der Waals surface area (Å²) in [6.45, 7) is 0. The molecule has 12 rings (SSSR count). The fraction of sp³-hybridized carbons (Fsp3) is 0. The topological polar surface area (TPSA) is 30.7 Å². The van der Waals surface area contributed by atoms with Crippen molar-refractivity contribution in [1.29, 1.82) is 0 Å². The summed E-state index contributed by atoms with van der Waals surface area (Å²) in [7, 11) is 0. The highest BCUT2D eigenvalue weighted by molar-refractivity contribution is 7.26. The Morgan fingerprint density at radius 3 is 1.83 bits per heavy atom. The van der Waals surface area contributed by atoms with Crippen LogP contribution in [0.25, 0.3) is 112 Å². The molecule has 0 radical (unpaired) electrons. The quantitative estimate of drug-likeness (QED) is 0.183. The summed E-state index contributed by atoms with van der Waals surface area (Å²) in [6.07, 6.45) is 0. The molecule has 0 aliphatic rings. The van der Waals surface area contributed by atoms with Crippen molar-refractivity contribution in [1.82, 2.24) is 14.5 Å². The van der Waals surface area contributed by atoms with Gasteiger partial charge in [-0.05, 0) is 57.9 Å². The molecule has 0 aliphatic carbocycles. The van der Waals surface area contributed by atoms with Gasteiger partial charge in [0.1, 0.15) is 0 Å². The minimum absolute atomic E-state index is 0.751. The third kappa shape index (κ3) is 4.20. The average Bonchev–Trinajstić information content (AvgIpc) is 3.90. The molecule has 246 valence electrons. The van der Waals surface area contributed by atoms with E-state index >= 15 is 0 Å². The Kier molecular flexibility index (Phi) is 6.09. The van der Waals surface area contributed by atoms with Gasteiger partial charge in [0.05, 0.1) is 32.6 Å². The average molecular weight is 710 g/mol. The summed E-state index contributed by atoms with van der Waals surface area (Å²) in [5, 5.41) is 11.4. The second kappa shape index (κ2) is 11.1. The molecular formula is C48H27N3S2. The molecule has 0 amide bonds. The third-order valence-electron chi connectivity index (χ3n) is 10.8. The van der Waals surface area contributed by atoms with Gasteiger partial charge < -0.3 is 4.57 Å². The van der Waals surface area contributed by atoms with Gasteiger partial charge in [-0.3, -0.25) is 0 Å². The first-order valence-electron chi connectivity index (χ1n) is 17.8. The van der Waals surface area contributed by atoms with Crippen molar-refractivity contribution < 1.29 is 0 Å². The van der Waals surface area contributed by atoms with Crippen LogP contribution in [0.15, 0.2) is 164 Å². The molecule has 0 bridgehead atoms. The number of aromatic nitrogens is 3. The number of thiophene rings is 2. The number of nitrogens with zero attached hydrogens (tertiary/aromatic N) is 3. The van der Waals surface area contributed by atoms with Crippen LogP contribution in [-0.4, -0.2) is 14.5 Å². The summed E-state index contributed by atoms with van der Waals surface area (Å²) in [4.78, 5) is 10.5. The summed E-state index contributed by atoms with van der Waals surface area (Å²) >= 11 is 3.61. The van der Waals surface area contributed by atoms with Crippen molar-refractivity contribution in [3.05, 3.63) is 164 Å². The van der Waals surface area contributed by atoms with E-state index in [-0.39, 0.29) is 0 Å². The Hall–Kier alpha value is -6.40. The summed E-state index contributed by atoms with van der Waals surface area (Å²) in [5.41, 5.74) is 7.76. The molecule has 0 aliphatic heterocycles. The lowest BCUT2D eigenvalue weighted by Crippen LogP contribution is -1.95. The normalized spacial score (nSPS) is 12.2. The van der Waals surface area contributed by atoms with Gasteiger partial charge in [-0.15, -0.1) is 22.7 Å². The van der Waals surface area contributed by atoms with Gasteiger partial charge in [0.2, 0.25) is 0 Å². The smallest absolute Gasteiger partial charge is 0.160 e. The molecular weight excluding hydrogens is 683 g/mol. The van der Waals surface area contributed by atoms with E-state index in [0.717, 1.165) is 32.9 Å². The fourth-order valence-electron chi connectivity index (χ4n) is 8.45. The summed E-state index contributed by atoms with van der Waals surface area (Å²) < 4.78 is 7.33. The van der Waals surface area contributed by atoms with E-state index in [1.165, 1.54) is 79.3 Å². The fourth-order valence-corrected chi connectivity index (χ4v) is 10.8. The lowest BCUT2D eigenvalue weighted by atomic mass is 10.00. The van der Waals surface area contributed by atoms with Crippen molar-refractivity contribution in [3.63, 3.8) is 0 Å². The number of hydrogen-bond donors (Lipinski definition) is 0. The number of rotatable bonds is 3. The van der Waals surface area contributed by atoms with Gasteiger partial charge in [-0.2, -0.15) is 0 Å². The highest BCUT2D eigenvalue weighted by Gasteiger charge is 2.21. The maximum absolute atomic E-state index is 5.27. The Morgan fingerprint density at radius 1 is 0.415 bits per heavy atom. The predicted molar refractivity (Wildman–Crippen MR) is 228 cm³/mol. The van der Waals surface area contributed by atoms with Crippen LogP contribution in [0.5, 0.6) is 0 Å². The van der Waals surface area contributed by atoms with Gasteiger partial charge in [-0.25, -0.2) is 9.97 Å². The van der Waals surface area contributed by atoms with E-state index in [0.29, 0.717) is 0 Å². The zero-order valence-electron chi connectivity index (χ0n) is 28.2. The second-order valence-corrected chi connectivity index (χ2v) is 15.8. The van der Waals surface area contributed by atoms with Crippen molar-refractivity contribution in [2.75, 3.05) is 0 Å². The molecule has 4 heterocycles. The third-order valence-corrected chi connectivity index (χ3v) is 13.1. The van der Waals surface area contributed by atoms with E-state index < -0.39 is 0 Å². The van der Waals surface area contributed by atoms with E-state index in [1.807, 2.05) is 11.3 Å². The molecule has 0 N–H and O–H groups in total. The van der Waals surface area contributed by atoms with Crippen LogP contribution in [0.3, 0.4) is 0 Å². The van der Waals surface area contributed by atoms with Gasteiger partial charge in [0.25, 0.3) is 0 Å². The minimum atomic E-state index is 0.751. The molecule has 0 saturated heterocycles. The van der Waals surface area contributed by atoms with Gasteiger partial charge in [-0.1, -0.05) is 127 Å². The van der Waals surface area contributed by atoms with Gasteiger partial charge in [0.15, 0.2) is 5.82 Å². The lowest BCUT2D eigenvalue weighted by Gasteiger charge is -2.11. The molecule has 0 saturated carbocycles. The van der Waals surface area contributed by atoms with Crippen LogP contribution in [0.1, 0.15) is 0 Å². The monoisotopic (exact) mass is 709 g/mol. The van der Waals surface area contributed by atoms with Crippen LogP contribution < -0.4 is 0 Å². The molecule has 3 nitrogen and oxygen atoms in total. The van der Waals surface area contributed by atoms with Crippen LogP contribution in [0, 0.1) is 0 Å².